The zero-order chi connectivity index (χ0) is 23.2. The highest BCUT2D eigenvalue weighted by atomic mass is 15.2. The molecule has 1 aliphatic rings. The molecule has 6 nitrogen and oxygen atoms in total. The van der Waals surface area contributed by atoms with Crippen molar-refractivity contribution in [2.45, 2.75) is 13.3 Å². The lowest BCUT2D eigenvalue weighted by atomic mass is 9.88. The van der Waals surface area contributed by atoms with Gasteiger partial charge in [-0.1, -0.05) is 31.2 Å². The maximum Gasteiger partial charge on any atom is 0.181 e. The fourth-order valence-corrected chi connectivity index (χ4v) is 4.76. The Morgan fingerprint density at radius 1 is 0.971 bits per heavy atom. The fourth-order valence-electron chi connectivity index (χ4n) is 4.76. The predicted molar refractivity (Wildman–Crippen MR) is 138 cm³/mol. The van der Waals surface area contributed by atoms with E-state index >= 15 is 0 Å². The van der Waals surface area contributed by atoms with Gasteiger partial charge in [0.25, 0.3) is 0 Å². The quantitative estimate of drug-likeness (QED) is 0.371. The Labute approximate surface area is 198 Å². The number of aromatic amines is 2. The Kier molecular flexibility index (Phi) is 4.80. The number of H-pyrrole nitrogens is 2. The number of hydrogen-bond donors (Lipinski definition) is 2. The molecule has 0 amide bonds. The molecule has 0 saturated heterocycles. The summed E-state index contributed by atoms with van der Waals surface area (Å²) in [6.45, 7) is 2.25. The monoisotopic (exact) mass is 446 g/mol. The maximum absolute atomic E-state index is 4.64. The van der Waals surface area contributed by atoms with Gasteiger partial charge in [0.2, 0.25) is 0 Å². The second-order valence-electron chi connectivity index (χ2n) is 9.19. The Morgan fingerprint density at radius 2 is 1.88 bits per heavy atom. The fraction of sp³-hybridized carbons (Fsp3) is 0.179. The molecule has 1 aromatic carbocycles. The van der Waals surface area contributed by atoms with Crippen molar-refractivity contribution < 1.29 is 0 Å². The molecule has 1 aliphatic carbocycles. The van der Waals surface area contributed by atoms with E-state index in [4.69, 9.17) is 0 Å². The molecule has 34 heavy (non-hydrogen) atoms. The summed E-state index contributed by atoms with van der Waals surface area (Å²) in [5, 5.41) is 8.71. The van der Waals surface area contributed by atoms with Crippen molar-refractivity contribution in [1.82, 2.24) is 25.1 Å². The van der Waals surface area contributed by atoms with Crippen molar-refractivity contribution in [3.05, 3.63) is 90.0 Å². The lowest BCUT2D eigenvalue weighted by Gasteiger charge is -2.18. The standard InChI is InChI=1S/C28H26N6/c1-17-11-21(24-9-4-5-10-29-24)22-15-26(31-25(22)12-17)27-23-14-19(16-30-28(23)33-32-27)18-7-6-8-20(13-18)34(2)3/h4-11,13-17,31H,12H2,1-3H3,(H,30,32,33). The molecule has 0 radical (unpaired) electrons. The third kappa shape index (κ3) is 3.48. The van der Waals surface area contributed by atoms with E-state index in [1.54, 1.807) is 0 Å². The Hall–Kier alpha value is -4.19. The van der Waals surface area contributed by atoms with Crippen molar-refractivity contribution in [3.8, 4) is 22.5 Å². The molecule has 2 N–H and O–H groups in total. The van der Waals surface area contributed by atoms with Crippen LogP contribution in [0.3, 0.4) is 0 Å². The first-order valence-corrected chi connectivity index (χ1v) is 11.5. The van der Waals surface area contributed by atoms with Crippen LogP contribution in [0.5, 0.6) is 0 Å². The van der Waals surface area contributed by atoms with Crippen LogP contribution in [0, 0.1) is 5.92 Å². The Balaban J connectivity index is 1.44. The van der Waals surface area contributed by atoms with Gasteiger partial charge >= 0.3 is 0 Å². The van der Waals surface area contributed by atoms with Crippen molar-refractivity contribution in [3.63, 3.8) is 0 Å². The first-order chi connectivity index (χ1) is 16.6. The average molecular weight is 447 g/mol. The molecule has 6 heteroatoms. The van der Waals surface area contributed by atoms with Crippen LogP contribution in [-0.2, 0) is 6.42 Å². The predicted octanol–water partition coefficient (Wildman–Crippen LogP) is 5.70. The summed E-state index contributed by atoms with van der Waals surface area (Å²) in [6, 6.07) is 18.9. The van der Waals surface area contributed by atoms with Crippen molar-refractivity contribution in [2.75, 3.05) is 19.0 Å². The normalized spacial score (nSPS) is 15.3. The van der Waals surface area contributed by atoms with Crippen LogP contribution < -0.4 is 4.90 Å². The molecule has 0 bridgehead atoms. The number of benzene rings is 1. The molecule has 0 aliphatic heterocycles. The van der Waals surface area contributed by atoms with E-state index in [-0.39, 0.29) is 0 Å². The number of anilines is 1. The van der Waals surface area contributed by atoms with E-state index in [1.807, 2.05) is 24.5 Å². The third-order valence-electron chi connectivity index (χ3n) is 6.48. The minimum Gasteiger partial charge on any atom is -0.378 e. The van der Waals surface area contributed by atoms with E-state index < -0.39 is 0 Å². The van der Waals surface area contributed by atoms with E-state index in [1.165, 1.54) is 16.8 Å². The van der Waals surface area contributed by atoms with E-state index in [0.29, 0.717) is 11.6 Å². The number of nitrogens with zero attached hydrogens (tertiary/aromatic N) is 4. The average Bonchev–Trinajstić information content (AvgIpc) is 3.47. The van der Waals surface area contributed by atoms with Gasteiger partial charge in [-0.3, -0.25) is 10.1 Å². The van der Waals surface area contributed by atoms with Crippen molar-refractivity contribution in [1.29, 1.82) is 0 Å². The second-order valence-corrected chi connectivity index (χ2v) is 9.19. The molecular formula is C28H26N6. The van der Waals surface area contributed by atoms with Gasteiger partial charge < -0.3 is 9.88 Å². The van der Waals surface area contributed by atoms with Crippen molar-refractivity contribution in [2.24, 2.45) is 5.92 Å². The first kappa shape index (κ1) is 20.4. The van der Waals surface area contributed by atoms with E-state index in [2.05, 4.69) is 99.6 Å². The van der Waals surface area contributed by atoms with Crippen LogP contribution in [-0.4, -0.2) is 39.2 Å². The van der Waals surface area contributed by atoms with Crippen LogP contribution in [0.1, 0.15) is 23.9 Å². The zero-order valence-corrected chi connectivity index (χ0v) is 19.5. The second kappa shape index (κ2) is 7.99. The molecule has 1 atom stereocenters. The van der Waals surface area contributed by atoms with Crippen molar-refractivity contribution >= 4 is 22.3 Å². The molecule has 4 aromatic heterocycles. The van der Waals surface area contributed by atoms with Crippen LogP contribution in [0.4, 0.5) is 5.69 Å². The van der Waals surface area contributed by atoms with Crippen LogP contribution in [0.25, 0.3) is 39.1 Å². The van der Waals surface area contributed by atoms with Gasteiger partial charge in [0.1, 0.15) is 0 Å². The SMILES string of the molecule is CC1C=C(c2ccccn2)c2cc(-c3[nH]nc4ncc(-c5cccc(N(C)C)c5)cc34)[nH]c2C1. The smallest absolute Gasteiger partial charge is 0.181 e. The molecule has 0 saturated carbocycles. The Morgan fingerprint density at radius 3 is 2.71 bits per heavy atom. The van der Waals surface area contributed by atoms with Gasteiger partial charge in [0.15, 0.2) is 5.65 Å². The number of pyridine rings is 2. The van der Waals surface area contributed by atoms with Crippen LogP contribution >= 0.6 is 0 Å². The number of nitrogens with one attached hydrogen (secondary N) is 2. The lowest BCUT2D eigenvalue weighted by molar-refractivity contribution is 0.700. The molecule has 168 valence electrons. The van der Waals surface area contributed by atoms with Gasteiger partial charge in [0, 0.05) is 60.0 Å². The lowest BCUT2D eigenvalue weighted by Crippen LogP contribution is -2.08. The molecule has 5 aromatic rings. The van der Waals surface area contributed by atoms with Gasteiger partial charge in [-0.05, 0) is 54.3 Å². The number of allylic oxidation sites excluding steroid dienone is 1. The highest BCUT2D eigenvalue weighted by Gasteiger charge is 2.23. The maximum atomic E-state index is 4.64. The molecular weight excluding hydrogens is 420 g/mol. The largest absolute Gasteiger partial charge is 0.378 e. The molecule has 0 spiro atoms. The minimum absolute atomic E-state index is 0.437. The summed E-state index contributed by atoms with van der Waals surface area (Å²) in [7, 11) is 4.10. The number of hydrogen-bond acceptors (Lipinski definition) is 4. The third-order valence-corrected chi connectivity index (χ3v) is 6.48. The summed E-state index contributed by atoms with van der Waals surface area (Å²) in [5.74, 6) is 0.437. The first-order valence-electron chi connectivity index (χ1n) is 11.5. The molecule has 1 unspecified atom stereocenters. The highest BCUT2D eigenvalue weighted by molar-refractivity contribution is 5.94. The molecule has 0 fully saturated rings. The minimum atomic E-state index is 0.437. The molecule has 6 rings (SSSR count). The summed E-state index contributed by atoms with van der Waals surface area (Å²) in [6.07, 6.45) is 7.04. The van der Waals surface area contributed by atoms with Gasteiger partial charge in [0.05, 0.1) is 17.1 Å². The summed E-state index contributed by atoms with van der Waals surface area (Å²) >= 11 is 0. The number of fused-ring (bicyclic) bond motifs is 2. The topological polar surface area (TPSA) is 73.5 Å². The van der Waals surface area contributed by atoms with Crippen LogP contribution in [0.2, 0.25) is 0 Å². The summed E-state index contributed by atoms with van der Waals surface area (Å²) < 4.78 is 0. The van der Waals surface area contributed by atoms with Crippen LogP contribution in [0.15, 0.2) is 73.1 Å². The summed E-state index contributed by atoms with van der Waals surface area (Å²) in [5.41, 5.74) is 10.7. The van der Waals surface area contributed by atoms with Gasteiger partial charge in [-0.2, -0.15) is 5.10 Å². The van der Waals surface area contributed by atoms with E-state index in [0.717, 1.165) is 45.7 Å². The highest BCUT2D eigenvalue weighted by Crippen LogP contribution is 2.37. The summed E-state index contributed by atoms with van der Waals surface area (Å²) in [4.78, 5) is 15.0. The number of rotatable bonds is 4. The Bertz CT molecular complexity index is 1520. The van der Waals surface area contributed by atoms with E-state index in [9.17, 15) is 0 Å². The van der Waals surface area contributed by atoms with Gasteiger partial charge in [-0.15, -0.1) is 0 Å². The van der Waals surface area contributed by atoms with Gasteiger partial charge in [-0.25, -0.2) is 4.98 Å². The molecule has 4 heterocycles. The zero-order valence-electron chi connectivity index (χ0n) is 19.5. The number of aromatic nitrogens is 5.